The summed E-state index contributed by atoms with van der Waals surface area (Å²) in [7, 11) is -3.90. The zero-order valence-corrected chi connectivity index (χ0v) is 9.07. The van der Waals surface area contributed by atoms with Crippen molar-refractivity contribution < 1.29 is 13.2 Å². The minimum absolute atomic E-state index is 0.0844. The van der Waals surface area contributed by atoms with Gasteiger partial charge >= 0.3 is 0 Å². The summed E-state index contributed by atoms with van der Waals surface area (Å²) < 4.78 is 22.9. The number of rotatable bonds is 2. The third-order valence-corrected chi connectivity index (χ3v) is 3.35. The van der Waals surface area contributed by atoms with Crippen LogP contribution in [0.15, 0.2) is 41.3 Å². The van der Waals surface area contributed by atoms with Crippen molar-refractivity contribution >= 4 is 27.1 Å². The molecule has 0 fully saturated rings. The molecule has 0 radical (unpaired) electrons. The Hall–Kier alpha value is -1.72. The lowest BCUT2D eigenvalue weighted by molar-refractivity contribution is 0.112. The molecular formula is C11H9NO3S. The number of carbonyl (C=O) groups excluding carboxylic acids is 1. The molecule has 2 N–H and O–H groups in total. The fourth-order valence-corrected chi connectivity index (χ4v) is 2.61. The highest BCUT2D eigenvalue weighted by molar-refractivity contribution is 7.89. The molecule has 2 rings (SSSR count). The van der Waals surface area contributed by atoms with Crippen molar-refractivity contribution in [3.63, 3.8) is 0 Å². The molecule has 0 aromatic heterocycles. The predicted octanol–water partition coefficient (Wildman–Crippen LogP) is 1.30. The molecule has 0 amide bonds. The van der Waals surface area contributed by atoms with Crippen molar-refractivity contribution in [2.75, 3.05) is 0 Å². The molecule has 16 heavy (non-hydrogen) atoms. The fraction of sp³-hybridized carbons (Fsp3) is 0. The van der Waals surface area contributed by atoms with Gasteiger partial charge in [0.15, 0.2) is 6.29 Å². The number of carbonyl (C=O) groups is 1. The van der Waals surface area contributed by atoms with Gasteiger partial charge in [0.25, 0.3) is 0 Å². The number of nitrogens with two attached hydrogens (primary N) is 1. The average molecular weight is 235 g/mol. The first kappa shape index (κ1) is 10.8. The van der Waals surface area contributed by atoms with Crippen LogP contribution in [0, 0.1) is 0 Å². The van der Waals surface area contributed by atoms with E-state index in [4.69, 9.17) is 5.14 Å². The van der Waals surface area contributed by atoms with Crippen LogP contribution in [-0.2, 0) is 10.0 Å². The van der Waals surface area contributed by atoms with E-state index in [-0.39, 0.29) is 10.5 Å². The van der Waals surface area contributed by atoms with Crippen LogP contribution in [0.3, 0.4) is 0 Å². The van der Waals surface area contributed by atoms with Crippen LogP contribution in [0.1, 0.15) is 10.4 Å². The molecule has 0 atom stereocenters. The van der Waals surface area contributed by atoms with Gasteiger partial charge in [-0.2, -0.15) is 0 Å². The van der Waals surface area contributed by atoms with Gasteiger partial charge in [-0.25, -0.2) is 13.6 Å². The normalized spacial score (nSPS) is 11.6. The molecule has 0 heterocycles. The van der Waals surface area contributed by atoms with Crippen LogP contribution in [0.2, 0.25) is 0 Å². The third-order valence-electron chi connectivity index (χ3n) is 2.32. The first-order valence-corrected chi connectivity index (χ1v) is 6.08. The SMILES string of the molecule is NS(=O)(=O)c1c(C=O)ccc2ccccc12. The van der Waals surface area contributed by atoms with Gasteiger partial charge in [0, 0.05) is 10.9 Å². The first-order chi connectivity index (χ1) is 7.54. The van der Waals surface area contributed by atoms with Gasteiger partial charge in [0.2, 0.25) is 10.0 Å². The molecule has 5 heteroatoms. The van der Waals surface area contributed by atoms with E-state index < -0.39 is 10.0 Å². The highest BCUT2D eigenvalue weighted by Gasteiger charge is 2.17. The Morgan fingerprint density at radius 2 is 1.75 bits per heavy atom. The predicted molar refractivity (Wildman–Crippen MR) is 60.7 cm³/mol. The monoisotopic (exact) mass is 235 g/mol. The number of benzene rings is 2. The molecule has 4 nitrogen and oxygen atoms in total. The van der Waals surface area contributed by atoms with Crippen LogP contribution in [-0.4, -0.2) is 14.7 Å². The Morgan fingerprint density at radius 1 is 1.06 bits per heavy atom. The molecule has 0 saturated heterocycles. The number of sulfonamides is 1. The van der Waals surface area contributed by atoms with Gasteiger partial charge in [-0.05, 0) is 11.5 Å². The van der Waals surface area contributed by atoms with Crippen molar-refractivity contribution in [3.8, 4) is 0 Å². The Morgan fingerprint density at radius 3 is 2.38 bits per heavy atom. The standard InChI is InChI=1S/C11H9NO3S/c12-16(14,15)11-9(7-13)6-5-8-3-1-2-4-10(8)11/h1-7H,(H2,12,14,15). The summed E-state index contributed by atoms with van der Waals surface area (Å²) >= 11 is 0. The van der Waals surface area contributed by atoms with Gasteiger partial charge in [-0.1, -0.05) is 30.3 Å². The maximum absolute atomic E-state index is 11.4. The topological polar surface area (TPSA) is 77.2 Å². The minimum Gasteiger partial charge on any atom is -0.298 e. The highest BCUT2D eigenvalue weighted by Crippen LogP contribution is 2.24. The van der Waals surface area contributed by atoms with Crippen molar-refractivity contribution in [1.82, 2.24) is 0 Å². The van der Waals surface area contributed by atoms with E-state index in [9.17, 15) is 13.2 Å². The molecule has 0 spiro atoms. The van der Waals surface area contributed by atoms with Crippen LogP contribution < -0.4 is 5.14 Å². The van der Waals surface area contributed by atoms with E-state index in [1.54, 1.807) is 30.3 Å². The molecule has 2 aromatic rings. The Balaban J connectivity index is 3.01. The molecule has 0 aliphatic heterocycles. The molecular weight excluding hydrogens is 226 g/mol. The maximum Gasteiger partial charge on any atom is 0.239 e. The molecule has 2 aromatic carbocycles. The van der Waals surface area contributed by atoms with Crippen LogP contribution in [0.4, 0.5) is 0 Å². The molecule has 0 aliphatic rings. The zero-order chi connectivity index (χ0) is 11.8. The molecule has 0 bridgehead atoms. The number of fused-ring (bicyclic) bond motifs is 1. The first-order valence-electron chi connectivity index (χ1n) is 4.54. The second-order valence-corrected chi connectivity index (χ2v) is 4.87. The lowest BCUT2D eigenvalue weighted by atomic mass is 10.1. The highest BCUT2D eigenvalue weighted by atomic mass is 32.2. The quantitative estimate of drug-likeness (QED) is 0.797. The van der Waals surface area contributed by atoms with E-state index in [1.165, 1.54) is 6.07 Å². The second-order valence-electron chi connectivity index (χ2n) is 3.37. The molecule has 0 aliphatic carbocycles. The fourth-order valence-electron chi connectivity index (χ4n) is 1.67. The van der Waals surface area contributed by atoms with Crippen molar-refractivity contribution in [2.24, 2.45) is 5.14 Å². The number of hydrogen-bond donors (Lipinski definition) is 1. The van der Waals surface area contributed by atoms with E-state index in [2.05, 4.69) is 0 Å². The smallest absolute Gasteiger partial charge is 0.239 e. The largest absolute Gasteiger partial charge is 0.298 e. The Labute approximate surface area is 92.7 Å². The van der Waals surface area contributed by atoms with Gasteiger partial charge in [-0.3, -0.25) is 4.79 Å². The lowest BCUT2D eigenvalue weighted by Gasteiger charge is -2.06. The molecule has 0 unspecified atom stereocenters. The Bertz CT molecular complexity index is 662. The van der Waals surface area contributed by atoms with E-state index >= 15 is 0 Å². The summed E-state index contributed by atoms with van der Waals surface area (Å²) in [6.45, 7) is 0. The van der Waals surface area contributed by atoms with E-state index in [1.807, 2.05) is 0 Å². The summed E-state index contributed by atoms with van der Waals surface area (Å²) in [5, 5.41) is 6.31. The van der Waals surface area contributed by atoms with Gasteiger partial charge in [0.05, 0.1) is 0 Å². The molecule has 82 valence electrons. The second kappa shape index (κ2) is 3.70. The van der Waals surface area contributed by atoms with Gasteiger partial charge in [0.1, 0.15) is 4.90 Å². The molecule has 0 saturated carbocycles. The summed E-state index contributed by atoms with van der Waals surface area (Å²) in [6.07, 6.45) is 0.492. The third kappa shape index (κ3) is 1.70. The number of hydrogen-bond acceptors (Lipinski definition) is 3. The van der Waals surface area contributed by atoms with Crippen molar-refractivity contribution in [3.05, 3.63) is 42.0 Å². The average Bonchev–Trinajstić information content (AvgIpc) is 2.26. The van der Waals surface area contributed by atoms with Crippen LogP contribution in [0.5, 0.6) is 0 Å². The summed E-state index contributed by atoms with van der Waals surface area (Å²) in [5.74, 6) is 0. The number of primary sulfonamides is 1. The van der Waals surface area contributed by atoms with Crippen LogP contribution >= 0.6 is 0 Å². The zero-order valence-electron chi connectivity index (χ0n) is 8.25. The summed E-state index contributed by atoms with van der Waals surface area (Å²) in [6, 6.07) is 10.0. The summed E-state index contributed by atoms with van der Waals surface area (Å²) in [4.78, 5) is 10.7. The van der Waals surface area contributed by atoms with Gasteiger partial charge < -0.3 is 0 Å². The lowest BCUT2D eigenvalue weighted by Crippen LogP contribution is -2.15. The van der Waals surface area contributed by atoms with E-state index in [0.717, 1.165) is 5.39 Å². The van der Waals surface area contributed by atoms with Crippen molar-refractivity contribution in [1.29, 1.82) is 0 Å². The minimum atomic E-state index is -3.90. The van der Waals surface area contributed by atoms with Crippen molar-refractivity contribution in [2.45, 2.75) is 4.90 Å². The summed E-state index contributed by atoms with van der Waals surface area (Å²) in [5.41, 5.74) is 0.0844. The van der Waals surface area contributed by atoms with Gasteiger partial charge in [-0.15, -0.1) is 0 Å². The Kier molecular flexibility index (Phi) is 2.49. The van der Waals surface area contributed by atoms with Crippen LogP contribution in [0.25, 0.3) is 10.8 Å². The maximum atomic E-state index is 11.4. The number of aldehydes is 1. The van der Waals surface area contributed by atoms with E-state index in [0.29, 0.717) is 11.7 Å².